The average molecular weight is 577 g/mol. The van der Waals surface area contributed by atoms with Gasteiger partial charge in [-0.1, -0.05) is 0 Å². The van der Waals surface area contributed by atoms with Crippen LogP contribution in [0.25, 0.3) is 17.3 Å². The third-order valence-electron chi connectivity index (χ3n) is 7.05. The van der Waals surface area contributed by atoms with Gasteiger partial charge in [0.2, 0.25) is 5.95 Å². The van der Waals surface area contributed by atoms with Crippen molar-refractivity contribution in [2.24, 2.45) is 5.92 Å². The number of benzene rings is 1. The van der Waals surface area contributed by atoms with Crippen LogP contribution in [0.1, 0.15) is 24.2 Å². The molecule has 4 heterocycles. The van der Waals surface area contributed by atoms with E-state index in [9.17, 15) is 9.59 Å². The van der Waals surface area contributed by atoms with Gasteiger partial charge in [0.05, 0.1) is 43.3 Å². The standard InChI is InChI=1S/C29H32N6O5S/c1-38-20-4-5-21(25(15-20)40-3)22-6-7-24(39-2)23(33-22)17-30-16-18-9-12-35(13-10-18)28-31-11-8-19(32-28)14-26-27(36)34-29(37)41-26/h4-8,11,14-15,18,30H,9-10,12-13,16-17H2,1-3H3,(H,34,36,37)/b26-14-. The average Bonchev–Trinajstić information content (AvgIpc) is 3.32. The van der Waals surface area contributed by atoms with Gasteiger partial charge in [-0.3, -0.25) is 14.9 Å². The molecule has 3 aromatic rings. The highest BCUT2D eigenvalue weighted by Crippen LogP contribution is 2.34. The Labute approximate surface area is 242 Å². The molecule has 0 aliphatic carbocycles. The fourth-order valence-electron chi connectivity index (χ4n) is 4.84. The van der Waals surface area contributed by atoms with Gasteiger partial charge in [0.25, 0.3) is 11.1 Å². The summed E-state index contributed by atoms with van der Waals surface area (Å²) in [6, 6.07) is 11.3. The van der Waals surface area contributed by atoms with E-state index in [1.807, 2.05) is 30.3 Å². The number of pyridine rings is 1. The van der Waals surface area contributed by atoms with Gasteiger partial charge in [0.15, 0.2) is 0 Å². The number of amides is 2. The van der Waals surface area contributed by atoms with Crippen LogP contribution in [-0.2, 0) is 11.3 Å². The highest BCUT2D eigenvalue weighted by molar-refractivity contribution is 8.18. The molecule has 0 atom stereocenters. The number of carbonyl (C=O) groups excluding carboxylic acids is 2. The molecule has 5 rings (SSSR count). The molecule has 0 bridgehead atoms. The van der Waals surface area contributed by atoms with E-state index in [4.69, 9.17) is 19.2 Å². The molecule has 2 aromatic heterocycles. The number of methoxy groups -OCH3 is 3. The Hall–Kier alpha value is -4.16. The number of thioether (sulfide) groups is 1. The molecule has 12 heteroatoms. The van der Waals surface area contributed by atoms with E-state index in [2.05, 4.69) is 25.5 Å². The summed E-state index contributed by atoms with van der Waals surface area (Å²) in [5, 5.41) is 5.45. The summed E-state index contributed by atoms with van der Waals surface area (Å²) in [7, 11) is 4.91. The molecular formula is C29H32N6O5S. The molecule has 2 aliphatic heterocycles. The quantitative estimate of drug-likeness (QED) is 0.341. The van der Waals surface area contributed by atoms with E-state index in [1.165, 1.54) is 0 Å². The van der Waals surface area contributed by atoms with E-state index in [1.54, 1.807) is 39.7 Å². The van der Waals surface area contributed by atoms with Crippen molar-refractivity contribution in [3.05, 3.63) is 58.9 Å². The van der Waals surface area contributed by atoms with Gasteiger partial charge < -0.3 is 24.4 Å². The number of imide groups is 1. The largest absolute Gasteiger partial charge is 0.497 e. The minimum Gasteiger partial charge on any atom is -0.497 e. The molecule has 41 heavy (non-hydrogen) atoms. The number of hydrogen-bond acceptors (Lipinski definition) is 11. The third kappa shape index (κ3) is 6.77. The molecule has 0 unspecified atom stereocenters. The van der Waals surface area contributed by atoms with Crippen LogP contribution in [0, 0.1) is 5.92 Å². The van der Waals surface area contributed by atoms with Crippen molar-refractivity contribution in [2.45, 2.75) is 19.4 Å². The maximum Gasteiger partial charge on any atom is 0.290 e. The number of hydrogen-bond donors (Lipinski definition) is 2. The Morgan fingerprint density at radius 3 is 2.54 bits per heavy atom. The van der Waals surface area contributed by atoms with Crippen LogP contribution in [0.3, 0.4) is 0 Å². The zero-order chi connectivity index (χ0) is 28.8. The Balaban J connectivity index is 1.17. The molecule has 0 saturated carbocycles. The summed E-state index contributed by atoms with van der Waals surface area (Å²) in [6.07, 6.45) is 5.27. The van der Waals surface area contributed by atoms with E-state index in [0.717, 1.165) is 72.7 Å². The van der Waals surface area contributed by atoms with Crippen LogP contribution in [0.4, 0.5) is 10.7 Å². The highest BCUT2D eigenvalue weighted by Gasteiger charge is 2.26. The minimum atomic E-state index is -0.395. The van der Waals surface area contributed by atoms with Crippen molar-refractivity contribution in [3.8, 4) is 28.5 Å². The molecule has 0 spiro atoms. The SMILES string of the molecule is COc1ccc(-c2ccc(OC)c(CNCC3CCN(c4nccc(/C=C5\SC(=O)NC5=O)n4)CC3)n2)c(OC)c1. The Bertz CT molecular complexity index is 1460. The van der Waals surface area contributed by atoms with Crippen LogP contribution < -0.4 is 29.7 Å². The third-order valence-corrected chi connectivity index (χ3v) is 7.86. The van der Waals surface area contributed by atoms with Crippen LogP contribution in [-0.4, -0.2) is 67.1 Å². The summed E-state index contributed by atoms with van der Waals surface area (Å²) in [6.45, 7) is 3.08. The first kappa shape index (κ1) is 28.4. The second-order valence-electron chi connectivity index (χ2n) is 9.61. The van der Waals surface area contributed by atoms with Gasteiger partial charge in [0, 0.05) is 37.5 Å². The van der Waals surface area contributed by atoms with E-state index in [0.29, 0.717) is 34.8 Å². The van der Waals surface area contributed by atoms with Crippen LogP contribution >= 0.6 is 11.8 Å². The van der Waals surface area contributed by atoms with Crippen molar-refractivity contribution < 1.29 is 23.8 Å². The number of aromatic nitrogens is 3. The first-order chi connectivity index (χ1) is 20.0. The molecule has 0 radical (unpaired) electrons. The van der Waals surface area contributed by atoms with Crippen LogP contribution in [0.15, 0.2) is 47.5 Å². The highest BCUT2D eigenvalue weighted by atomic mass is 32.2. The van der Waals surface area contributed by atoms with E-state index in [-0.39, 0.29) is 5.24 Å². The lowest BCUT2D eigenvalue weighted by Gasteiger charge is -2.32. The van der Waals surface area contributed by atoms with E-state index >= 15 is 0 Å². The molecule has 2 saturated heterocycles. The number of anilines is 1. The van der Waals surface area contributed by atoms with Crippen molar-refractivity contribution in [3.63, 3.8) is 0 Å². The van der Waals surface area contributed by atoms with Gasteiger partial charge in [-0.15, -0.1) is 0 Å². The number of nitrogens with one attached hydrogen (secondary N) is 2. The zero-order valence-corrected chi connectivity index (χ0v) is 24.0. The van der Waals surface area contributed by atoms with Gasteiger partial charge in [-0.05, 0) is 73.5 Å². The maximum absolute atomic E-state index is 11.9. The Morgan fingerprint density at radius 2 is 1.83 bits per heavy atom. The van der Waals surface area contributed by atoms with Gasteiger partial charge >= 0.3 is 0 Å². The zero-order valence-electron chi connectivity index (χ0n) is 23.2. The molecule has 11 nitrogen and oxygen atoms in total. The normalized spacial score (nSPS) is 16.7. The first-order valence-corrected chi connectivity index (χ1v) is 14.1. The van der Waals surface area contributed by atoms with Crippen molar-refractivity contribution in [1.82, 2.24) is 25.6 Å². The minimum absolute atomic E-state index is 0.337. The lowest BCUT2D eigenvalue weighted by atomic mass is 9.97. The number of piperidine rings is 1. The van der Waals surface area contributed by atoms with Gasteiger partial charge in [-0.25, -0.2) is 15.0 Å². The van der Waals surface area contributed by atoms with Crippen molar-refractivity contribution in [1.29, 1.82) is 0 Å². The van der Waals surface area contributed by atoms with Crippen molar-refractivity contribution >= 4 is 34.9 Å². The van der Waals surface area contributed by atoms with Gasteiger partial charge in [-0.2, -0.15) is 0 Å². The first-order valence-electron chi connectivity index (χ1n) is 13.3. The molecule has 2 aliphatic rings. The second kappa shape index (κ2) is 13.0. The topological polar surface area (TPSA) is 128 Å². The smallest absolute Gasteiger partial charge is 0.290 e. The molecule has 214 valence electrons. The maximum atomic E-state index is 11.9. The Morgan fingerprint density at radius 1 is 1.02 bits per heavy atom. The summed E-state index contributed by atoms with van der Waals surface area (Å²) >= 11 is 0.879. The summed E-state index contributed by atoms with van der Waals surface area (Å²) in [4.78, 5) is 39.7. The van der Waals surface area contributed by atoms with Crippen LogP contribution in [0.2, 0.25) is 0 Å². The lowest BCUT2D eigenvalue weighted by molar-refractivity contribution is -0.115. The molecular weight excluding hydrogens is 544 g/mol. The molecule has 2 amide bonds. The summed E-state index contributed by atoms with van der Waals surface area (Å²) < 4.78 is 16.5. The molecule has 1 aromatic carbocycles. The number of nitrogens with zero attached hydrogens (tertiary/aromatic N) is 4. The lowest BCUT2D eigenvalue weighted by Crippen LogP contribution is -2.38. The summed E-state index contributed by atoms with van der Waals surface area (Å²) in [5.41, 5.74) is 3.11. The Kier molecular flexibility index (Phi) is 9.00. The summed E-state index contributed by atoms with van der Waals surface area (Å²) in [5.74, 6) is 2.87. The van der Waals surface area contributed by atoms with E-state index < -0.39 is 5.91 Å². The van der Waals surface area contributed by atoms with Crippen LogP contribution in [0.5, 0.6) is 17.2 Å². The fourth-order valence-corrected chi connectivity index (χ4v) is 5.51. The monoisotopic (exact) mass is 576 g/mol. The number of ether oxygens (including phenoxy) is 3. The molecule has 2 N–H and O–H groups in total. The number of rotatable bonds is 10. The van der Waals surface area contributed by atoms with Crippen molar-refractivity contribution in [2.75, 3.05) is 45.9 Å². The molecule has 2 fully saturated rings. The predicted octanol–water partition coefficient (Wildman–Crippen LogP) is 3.89. The second-order valence-corrected chi connectivity index (χ2v) is 10.6. The number of carbonyl (C=O) groups is 2. The van der Waals surface area contributed by atoms with Gasteiger partial charge in [0.1, 0.15) is 17.2 Å². The predicted molar refractivity (Wildman–Crippen MR) is 157 cm³/mol. The fraction of sp³-hybridized carbons (Fsp3) is 0.345.